The largest absolute Gasteiger partial charge is 0.398 e. The zero-order valence-corrected chi connectivity index (χ0v) is 12.6. The Morgan fingerprint density at radius 2 is 1.95 bits per heavy atom. The number of benzene rings is 2. The number of rotatable bonds is 4. The third-order valence-corrected chi connectivity index (χ3v) is 4.07. The summed E-state index contributed by atoms with van der Waals surface area (Å²) in [6, 6.07) is 13.4. The molecule has 3 nitrogen and oxygen atoms in total. The van der Waals surface area contributed by atoms with E-state index < -0.39 is 0 Å². The maximum atomic E-state index is 10.9. The van der Waals surface area contributed by atoms with Crippen LogP contribution in [0.25, 0.3) is 0 Å². The molecule has 0 unspecified atom stereocenters. The molecular weight excluding hydrogens is 292 g/mol. The number of halogens is 1. The van der Waals surface area contributed by atoms with Gasteiger partial charge in [0.2, 0.25) is 5.91 Å². The van der Waals surface area contributed by atoms with Crippen molar-refractivity contribution in [3.63, 3.8) is 0 Å². The Morgan fingerprint density at radius 1 is 1.25 bits per heavy atom. The predicted octanol–water partition coefficient (Wildman–Crippen LogP) is 4.17. The van der Waals surface area contributed by atoms with Crippen LogP contribution in [0.15, 0.2) is 47.4 Å². The molecule has 2 aromatic carbocycles. The second-order valence-corrected chi connectivity index (χ2v) is 5.81. The van der Waals surface area contributed by atoms with E-state index in [1.807, 2.05) is 42.5 Å². The Morgan fingerprint density at radius 3 is 2.55 bits per heavy atom. The van der Waals surface area contributed by atoms with Crippen LogP contribution in [0.5, 0.6) is 0 Å². The zero-order chi connectivity index (χ0) is 14.5. The number of carbonyl (C=O) groups is 1. The number of nitrogen functional groups attached to an aromatic ring is 1. The molecule has 0 spiro atoms. The Balaban J connectivity index is 1.96. The first-order valence-electron chi connectivity index (χ1n) is 6.09. The van der Waals surface area contributed by atoms with Gasteiger partial charge in [0.15, 0.2) is 0 Å². The minimum absolute atomic E-state index is 0.0676. The molecule has 0 aliphatic rings. The first-order chi connectivity index (χ1) is 9.54. The van der Waals surface area contributed by atoms with Gasteiger partial charge in [-0.1, -0.05) is 17.7 Å². The Labute approximate surface area is 127 Å². The minimum atomic E-state index is -0.0676. The quantitative estimate of drug-likeness (QED) is 0.658. The average Bonchev–Trinajstić information content (AvgIpc) is 2.41. The summed E-state index contributed by atoms with van der Waals surface area (Å²) in [5.41, 5.74) is 8.31. The second kappa shape index (κ2) is 6.68. The highest BCUT2D eigenvalue weighted by Gasteiger charge is 2.01. The summed E-state index contributed by atoms with van der Waals surface area (Å²) in [6.07, 6.45) is 0. The molecule has 0 radical (unpaired) electrons. The van der Waals surface area contributed by atoms with Crippen LogP contribution < -0.4 is 11.1 Å². The second-order valence-electron chi connectivity index (χ2n) is 4.35. The number of nitrogens with two attached hydrogens (primary N) is 1. The van der Waals surface area contributed by atoms with Crippen LogP contribution >= 0.6 is 23.4 Å². The minimum Gasteiger partial charge on any atom is -0.398 e. The molecule has 1 amide bonds. The van der Waals surface area contributed by atoms with Crippen molar-refractivity contribution in [2.75, 3.05) is 11.1 Å². The molecule has 0 fully saturated rings. The van der Waals surface area contributed by atoms with E-state index in [1.54, 1.807) is 11.8 Å². The molecule has 2 rings (SSSR count). The van der Waals surface area contributed by atoms with E-state index in [1.165, 1.54) is 6.92 Å². The third-order valence-electron chi connectivity index (χ3n) is 2.64. The summed E-state index contributed by atoms with van der Waals surface area (Å²) in [6.45, 7) is 1.49. The van der Waals surface area contributed by atoms with Gasteiger partial charge in [0.05, 0.1) is 10.7 Å². The Bertz CT molecular complexity index is 614. The van der Waals surface area contributed by atoms with Gasteiger partial charge in [0.25, 0.3) is 0 Å². The summed E-state index contributed by atoms with van der Waals surface area (Å²) in [4.78, 5) is 12.1. The van der Waals surface area contributed by atoms with Crippen LogP contribution in [0.1, 0.15) is 12.5 Å². The van der Waals surface area contributed by atoms with Crippen molar-refractivity contribution in [2.45, 2.75) is 17.6 Å². The summed E-state index contributed by atoms with van der Waals surface area (Å²) >= 11 is 7.59. The molecule has 5 heteroatoms. The van der Waals surface area contributed by atoms with Gasteiger partial charge < -0.3 is 11.1 Å². The third kappa shape index (κ3) is 4.18. The lowest BCUT2D eigenvalue weighted by Gasteiger charge is -2.06. The van der Waals surface area contributed by atoms with Crippen molar-refractivity contribution >= 4 is 40.6 Å². The van der Waals surface area contributed by atoms with E-state index in [4.69, 9.17) is 17.3 Å². The topological polar surface area (TPSA) is 55.1 Å². The van der Waals surface area contributed by atoms with Gasteiger partial charge in [-0.25, -0.2) is 0 Å². The molecule has 2 aromatic rings. The Hall–Kier alpha value is -1.65. The molecule has 0 aliphatic carbocycles. The van der Waals surface area contributed by atoms with E-state index in [9.17, 15) is 4.79 Å². The fourth-order valence-corrected chi connectivity index (χ4v) is 2.65. The van der Waals surface area contributed by atoms with Crippen molar-refractivity contribution < 1.29 is 4.79 Å². The number of amides is 1. The maximum Gasteiger partial charge on any atom is 0.221 e. The lowest BCUT2D eigenvalue weighted by Crippen LogP contribution is -2.05. The van der Waals surface area contributed by atoms with E-state index in [0.717, 1.165) is 21.9 Å². The monoisotopic (exact) mass is 306 g/mol. The van der Waals surface area contributed by atoms with Crippen molar-refractivity contribution in [1.82, 2.24) is 0 Å². The van der Waals surface area contributed by atoms with Crippen LogP contribution in [0, 0.1) is 0 Å². The number of hydrogen-bond donors (Lipinski definition) is 2. The van der Waals surface area contributed by atoms with E-state index in [2.05, 4.69) is 5.32 Å². The summed E-state index contributed by atoms with van der Waals surface area (Å²) in [7, 11) is 0. The van der Waals surface area contributed by atoms with E-state index >= 15 is 0 Å². The predicted molar refractivity (Wildman–Crippen MR) is 86.2 cm³/mol. The lowest BCUT2D eigenvalue weighted by molar-refractivity contribution is -0.114. The standard InChI is InChI=1S/C15H15ClN2OS/c1-10(19)18-12-3-5-13(6-4-12)20-9-11-2-7-14(16)15(17)8-11/h2-8H,9,17H2,1H3,(H,18,19). The van der Waals surface area contributed by atoms with Crippen LogP contribution in [0.2, 0.25) is 5.02 Å². The van der Waals surface area contributed by atoms with Gasteiger partial charge in [-0.2, -0.15) is 0 Å². The van der Waals surface area contributed by atoms with Crippen LogP contribution in [-0.2, 0) is 10.5 Å². The van der Waals surface area contributed by atoms with Crippen molar-refractivity contribution in [3.8, 4) is 0 Å². The smallest absolute Gasteiger partial charge is 0.221 e. The maximum absolute atomic E-state index is 10.9. The first-order valence-corrected chi connectivity index (χ1v) is 7.45. The number of carbonyl (C=O) groups excluding carboxylic acids is 1. The van der Waals surface area contributed by atoms with Crippen molar-refractivity contribution in [3.05, 3.63) is 53.1 Å². The highest BCUT2D eigenvalue weighted by Crippen LogP contribution is 2.27. The van der Waals surface area contributed by atoms with Gasteiger partial charge in [-0.15, -0.1) is 11.8 Å². The molecule has 0 aromatic heterocycles. The molecule has 0 saturated heterocycles. The van der Waals surface area contributed by atoms with Gasteiger partial charge in [-0.05, 0) is 42.0 Å². The van der Waals surface area contributed by atoms with E-state index in [0.29, 0.717) is 10.7 Å². The molecule has 0 bridgehead atoms. The lowest BCUT2D eigenvalue weighted by atomic mass is 10.2. The number of thioether (sulfide) groups is 1. The normalized spacial score (nSPS) is 10.3. The average molecular weight is 307 g/mol. The van der Waals surface area contributed by atoms with Crippen LogP contribution in [-0.4, -0.2) is 5.91 Å². The molecular formula is C15H15ClN2OS. The van der Waals surface area contributed by atoms with Gasteiger partial charge >= 0.3 is 0 Å². The van der Waals surface area contributed by atoms with Gasteiger partial charge in [0.1, 0.15) is 0 Å². The number of hydrogen-bond acceptors (Lipinski definition) is 3. The zero-order valence-electron chi connectivity index (χ0n) is 11.0. The van der Waals surface area contributed by atoms with E-state index in [-0.39, 0.29) is 5.91 Å². The molecule has 0 aliphatic heterocycles. The molecule has 0 heterocycles. The van der Waals surface area contributed by atoms with Crippen LogP contribution in [0.4, 0.5) is 11.4 Å². The number of anilines is 2. The van der Waals surface area contributed by atoms with Crippen LogP contribution in [0.3, 0.4) is 0 Å². The molecule has 20 heavy (non-hydrogen) atoms. The summed E-state index contributed by atoms with van der Waals surface area (Å²) in [5, 5.41) is 3.32. The molecule has 0 saturated carbocycles. The fraction of sp³-hybridized carbons (Fsp3) is 0.133. The highest BCUT2D eigenvalue weighted by molar-refractivity contribution is 7.98. The van der Waals surface area contributed by atoms with Crippen molar-refractivity contribution in [2.24, 2.45) is 0 Å². The molecule has 0 atom stereocenters. The molecule has 104 valence electrons. The highest BCUT2D eigenvalue weighted by atomic mass is 35.5. The first kappa shape index (κ1) is 14.8. The SMILES string of the molecule is CC(=O)Nc1ccc(SCc2ccc(Cl)c(N)c2)cc1. The van der Waals surface area contributed by atoms with Crippen molar-refractivity contribution in [1.29, 1.82) is 0 Å². The van der Waals surface area contributed by atoms with Gasteiger partial charge in [-0.3, -0.25) is 4.79 Å². The Kier molecular flexibility index (Phi) is 4.93. The molecule has 3 N–H and O–H groups in total. The number of nitrogens with one attached hydrogen (secondary N) is 1. The fourth-order valence-electron chi connectivity index (χ4n) is 1.69. The summed E-state index contributed by atoms with van der Waals surface area (Å²) in [5.74, 6) is 0.753. The summed E-state index contributed by atoms with van der Waals surface area (Å²) < 4.78 is 0. The van der Waals surface area contributed by atoms with Gasteiger partial charge in [0, 0.05) is 23.3 Å².